The maximum atomic E-state index is 11.6. The fourth-order valence-electron chi connectivity index (χ4n) is 1.76. The zero-order chi connectivity index (χ0) is 14.8. The fourth-order valence-corrected chi connectivity index (χ4v) is 3.03. The first kappa shape index (κ1) is 14.9. The third-order valence-electron chi connectivity index (χ3n) is 2.71. The summed E-state index contributed by atoms with van der Waals surface area (Å²) in [5, 5.41) is 0. The third-order valence-corrected chi connectivity index (χ3v) is 4.36. The van der Waals surface area contributed by atoms with E-state index in [1.54, 1.807) is 12.1 Å². The topological polar surface area (TPSA) is 69.4 Å². The van der Waals surface area contributed by atoms with E-state index in [0.29, 0.717) is 12.4 Å². The second kappa shape index (κ2) is 5.85. The molecule has 0 atom stereocenters. The average molecular weight is 356 g/mol. The number of sulfone groups is 1. The van der Waals surface area contributed by atoms with Crippen LogP contribution in [-0.2, 0) is 16.4 Å². The maximum Gasteiger partial charge on any atom is 0.177 e. The molecule has 0 aliphatic heterocycles. The van der Waals surface area contributed by atoms with Gasteiger partial charge >= 0.3 is 0 Å². The van der Waals surface area contributed by atoms with E-state index in [9.17, 15) is 8.42 Å². The highest BCUT2D eigenvalue weighted by atomic mass is 79.9. The Labute approximate surface area is 126 Å². The number of para-hydroxylation sites is 1. The van der Waals surface area contributed by atoms with Crippen molar-refractivity contribution in [2.75, 3.05) is 12.0 Å². The van der Waals surface area contributed by atoms with Gasteiger partial charge in [0.2, 0.25) is 0 Å². The Balaban J connectivity index is 2.23. The Hall–Kier alpha value is -1.53. The van der Waals surface area contributed by atoms with Gasteiger partial charge in [-0.3, -0.25) is 0 Å². The summed E-state index contributed by atoms with van der Waals surface area (Å²) in [4.78, 5) is 0.0873. The summed E-state index contributed by atoms with van der Waals surface area (Å²) in [7, 11) is -3.36. The highest BCUT2D eigenvalue weighted by Crippen LogP contribution is 2.29. The Kier molecular flexibility index (Phi) is 4.35. The van der Waals surface area contributed by atoms with E-state index in [2.05, 4.69) is 15.9 Å². The molecule has 106 valence electrons. The normalized spacial score (nSPS) is 11.3. The third kappa shape index (κ3) is 3.52. The number of anilines is 1. The number of halogens is 1. The molecule has 4 nitrogen and oxygen atoms in total. The lowest BCUT2D eigenvalue weighted by atomic mass is 10.2. The number of rotatable bonds is 4. The Morgan fingerprint density at radius 1 is 1.20 bits per heavy atom. The molecule has 0 bridgehead atoms. The molecule has 2 rings (SSSR count). The van der Waals surface area contributed by atoms with Crippen LogP contribution in [0.5, 0.6) is 5.75 Å². The maximum absolute atomic E-state index is 11.6. The van der Waals surface area contributed by atoms with Crippen molar-refractivity contribution < 1.29 is 13.2 Å². The number of hydrogen-bond acceptors (Lipinski definition) is 4. The highest BCUT2D eigenvalue weighted by molar-refractivity contribution is 9.10. The second-order valence-corrected chi connectivity index (χ2v) is 7.26. The molecule has 20 heavy (non-hydrogen) atoms. The van der Waals surface area contributed by atoms with Crippen LogP contribution < -0.4 is 10.5 Å². The molecule has 2 aromatic carbocycles. The summed E-state index contributed by atoms with van der Waals surface area (Å²) < 4.78 is 29.7. The molecule has 0 saturated carbocycles. The van der Waals surface area contributed by atoms with Gasteiger partial charge in [0.15, 0.2) is 9.84 Å². The number of ether oxygens (including phenoxy) is 1. The molecule has 0 fully saturated rings. The minimum Gasteiger partial charge on any atom is -0.487 e. The van der Waals surface area contributed by atoms with Crippen LogP contribution in [0.25, 0.3) is 0 Å². The lowest BCUT2D eigenvalue weighted by molar-refractivity contribution is 0.307. The molecule has 0 aliphatic carbocycles. The van der Waals surface area contributed by atoms with Gasteiger partial charge in [0.25, 0.3) is 0 Å². The number of nitrogen functional groups attached to an aromatic ring is 1. The van der Waals surface area contributed by atoms with Gasteiger partial charge in [0.1, 0.15) is 12.4 Å². The van der Waals surface area contributed by atoms with E-state index in [1.807, 2.05) is 24.3 Å². The SMILES string of the molecule is CS(=O)(=O)c1cccc(OCc2cccc(Br)c2)c1N. The molecule has 0 amide bonds. The summed E-state index contributed by atoms with van der Waals surface area (Å²) in [6.45, 7) is 0.316. The van der Waals surface area contributed by atoms with Crippen LogP contribution in [0.4, 0.5) is 5.69 Å². The van der Waals surface area contributed by atoms with Crippen LogP contribution in [0.15, 0.2) is 51.8 Å². The van der Waals surface area contributed by atoms with Crippen LogP contribution in [0.2, 0.25) is 0 Å². The van der Waals surface area contributed by atoms with E-state index in [4.69, 9.17) is 10.5 Å². The predicted octanol–water partition coefficient (Wildman–Crippen LogP) is 3.01. The van der Waals surface area contributed by atoms with Crippen molar-refractivity contribution in [1.82, 2.24) is 0 Å². The largest absolute Gasteiger partial charge is 0.487 e. The second-order valence-electron chi connectivity index (χ2n) is 4.36. The van der Waals surface area contributed by atoms with Gasteiger partial charge in [-0.05, 0) is 29.8 Å². The van der Waals surface area contributed by atoms with Crippen molar-refractivity contribution in [3.05, 3.63) is 52.5 Å². The van der Waals surface area contributed by atoms with E-state index >= 15 is 0 Å². The number of benzene rings is 2. The number of nitrogens with two attached hydrogens (primary N) is 1. The summed E-state index contributed by atoms with van der Waals surface area (Å²) in [5.74, 6) is 0.368. The first-order valence-corrected chi connectivity index (χ1v) is 8.52. The van der Waals surface area contributed by atoms with Gasteiger partial charge in [-0.15, -0.1) is 0 Å². The molecule has 0 saturated heterocycles. The van der Waals surface area contributed by atoms with Crippen molar-refractivity contribution in [3.8, 4) is 5.75 Å². The van der Waals surface area contributed by atoms with Crippen molar-refractivity contribution in [3.63, 3.8) is 0 Å². The lowest BCUT2D eigenvalue weighted by Crippen LogP contribution is -2.05. The van der Waals surface area contributed by atoms with Crippen molar-refractivity contribution in [2.24, 2.45) is 0 Å². The summed E-state index contributed by atoms with van der Waals surface area (Å²) >= 11 is 3.38. The standard InChI is InChI=1S/C14H14BrNO3S/c1-20(17,18)13-7-3-6-12(14(13)16)19-9-10-4-2-5-11(15)8-10/h2-8H,9,16H2,1H3. The van der Waals surface area contributed by atoms with E-state index in [1.165, 1.54) is 6.07 Å². The molecule has 6 heteroatoms. The molecule has 2 aromatic rings. The molecular weight excluding hydrogens is 342 g/mol. The van der Waals surface area contributed by atoms with Crippen LogP contribution in [0.1, 0.15) is 5.56 Å². The average Bonchev–Trinajstić information content (AvgIpc) is 2.36. The predicted molar refractivity (Wildman–Crippen MR) is 82.4 cm³/mol. The Morgan fingerprint density at radius 3 is 2.55 bits per heavy atom. The van der Waals surface area contributed by atoms with E-state index in [-0.39, 0.29) is 10.6 Å². The molecule has 2 N–H and O–H groups in total. The van der Waals surface area contributed by atoms with Gasteiger partial charge < -0.3 is 10.5 Å². The van der Waals surface area contributed by atoms with Crippen LogP contribution in [0.3, 0.4) is 0 Å². The molecule has 0 unspecified atom stereocenters. The van der Waals surface area contributed by atoms with Gasteiger partial charge in [0.05, 0.1) is 10.6 Å². The van der Waals surface area contributed by atoms with Gasteiger partial charge in [-0.25, -0.2) is 8.42 Å². The van der Waals surface area contributed by atoms with Crippen LogP contribution in [0, 0.1) is 0 Å². The fraction of sp³-hybridized carbons (Fsp3) is 0.143. The lowest BCUT2D eigenvalue weighted by Gasteiger charge is -2.11. The minimum absolute atomic E-state index is 0.0873. The van der Waals surface area contributed by atoms with E-state index < -0.39 is 9.84 Å². The highest BCUT2D eigenvalue weighted by Gasteiger charge is 2.14. The summed E-state index contributed by atoms with van der Waals surface area (Å²) in [6.07, 6.45) is 1.12. The quantitative estimate of drug-likeness (QED) is 0.855. The Bertz CT molecular complexity index is 729. The monoisotopic (exact) mass is 355 g/mol. The first-order valence-electron chi connectivity index (χ1n) is 5.84. The molecular formula is C14H14BrNO3S. The number of hydrogen-bond donors (Lipinski definition) is 1. The molecule has 0 aromatic heterocycles. The zero-order valence-electron chi connectivity index (χ0n) is 10.8. The molecule has 0 heterocycles. The molecule has 0 aliphatic rings. The van der Waals surface area contributed by atoms with Gasteiger partial charge in [0, 0.05) is 10.7 Å². The minimum atomic E-state index is -3.36. The van der Waals surface area contributed by atoms with E-state index in [0.717, 1.165) is 16.3 Å². The molecule has 0 radical (unpaired) electrons. The van der Waals surface area contributed by atoms with Gasteiger partial charge in [-0.1, -0.05) is 34.1 Å². The van der Waals surface area contributed by atoms with Crippen molar-refractivity contribution >= 4 is 31.5 Å². The van der Waals surface area contributed by atoms with Crippen molar-refractivity contribution in [2.45, 2.75) is 11.5 Å². The van der Waals surface area contributed by atoms with Gasteiger partial charge in [-0.2, -0.15) is 0 Å². The first-order chi connectivity index (χ1) is 9.38. The molecule has 0 spiro atoms. The smallest absolute Gasteiger partial charge is 0.177 e. The summed E-state index contributed by atoms with van der Waals surface area (Å²) in [6, 6.07) is 12.4. The van der Waals surface area contributed by atoms with Crippen molar-refractivity contribution in [1.29, 1.82) is 0 Å². The Morgan fingerprint density at radius 2 is 1.90 bits per heavy atom. The van der Waals surface area contributed by atoms with Crippen LogP contribution >= 0.6 is 15.9 Å². The zero-order valence-corrected chi connectivity index (χ0v) is 13.2. The summed E-state index contributed by atoms with van der Waals surface area (Å²) in [5.41, 5.74) is 6.96. The van der Waals surface area contributed by atoms with Crippen LogP contribution in [-0.4, -0.2) is 14.7 Å².